The average molecular weight is 675 g/mol. The standard InChI is InChI=1S/C40H42N4O6/c1-3-28-24-40(28,39(47)48)42-37(45)34-22-30(25-44(34)38(46)36(27-15-9-5-10-16-27)43-19-11-6-12-20-43)50-35-23-32(26-13-7-4-8-14-26)41-33-21-29(49-2)17-18-31(33)35/h3-5,7-10,13-18,21,23,28,30,34,36H,1,6,11-12,19-20,22,24-25H2,2H3,(H,42,45)(H,47,48)/t28-,30+,34-,36-,40+/m0/s1. The predicted octanol–water partition coefficient (Wildman–Crippen LogP) is 5.63. The fourth-order valence-electron chi connectivity index (χ4n) is 7.51. The first-order valence-electron chi connectivity index (χ1n) is 17.3. The number of hydrogen-bond donors (Lipinski definition) is 2. The van der Waals surface area contributed by atoms with Gasteiger partial charge in [-0.1, -0.05) is 73.2 Å². The molecule has 3 heterocycles. The number of aliphatic carboxylic acids is 1. The lowest BCUT2D eigenvalue weighted by Crippen LogP contribution is -2.54. The van der Waals surface area contributed by atoms with Crippen LogP contribution in [0.15, 0.2) is 97.6 Å². The van der Waals surface area contributed by atoms with Gasteiger partial charge in [0.25, 0.3) is 0 Å². The third-order valence-corrected chi connectivity index (χ3v) is 10.3. The summed E-state index contributed by atoms with van der Waals surface area (Å²) in [5.74, 6) is -0.965. The van der Waals surface area contributed by atoms with Gasteiger partial charge >= 0.3 is 5.97 Å². The lowest BCUT2D eigenvalue weighted by Gasteiger charge is -2.37. The van der Waals surface area contributed by atoms with Crippen molar-refractivity contribution in [3.63, 3.8) is 0 Å². The number of carbonyl (C=O) groups is 3. The zero-order valence-electron chi connectivity index (χ0n) is 28.2. The van der Waals surface area contributed by atoms with E-state index in [0.29, 0.717) is 22.7 Å². The minimum Gasteiger partial charge on any atom is -0.497 e. The van der Waals surface area contributed by atoms with Crippen LogP contribution in [-0.4, -0.2) is 82.1 Å². The summed E-state index contributed by atoms with van der Waals surface area (Å²) in [4.78, 5) is 50.0. The molecule has 3 aliphatic rings. The molecule has 2 amide bonds. The second kappa shape index (κ2) is 14.0. The number of carbonyl (C=O) groups excluding carboxylic acids is 2. The average Bonchev–Trinajstić information content (AvgIpc) is 3.71. The Morgan fingerprint density at radius 2 is 1.72 bits per heavy atom. The van der Waals surface area contributed by atoms with E-state index in [4.69, 9.17) is 14.5 Å². The van der Waals surface area contributed by atoms with Gasteiger partial charge in [-0.25, -0.2) is 9.78 Å². The third-order valence-electron chi connectivity index (χ3n) is 10.3. The number of pyridine rings is 1. The van der Waals surface area contributed by atoms with E-state index in [1.54, 1.807) is 18.1 Å². The number of ether oxygens (including phenoxy) is 2. The molecule has 2 N–H and O–H groups in total. The van der Waals surface area contributed by atoms with Gasteiger partial charge in [0.1, 0.15) is 35.2 Å². The van der Waals surface area contributed by atoms with Crippen LogP contribution in [0.4, 0.5) is 0 Å². The quantitative estimate of drug-likeness (QED) is 0.197. The summed E-state index contributed by atoms with van der Waals surface area (Å²) < 4.78 is 12.2. The van der Waals surface area contributed by atoms with Crippen molar-refractivity contribution in [3.8, 4) is 22.8 Å². The van der Waals surface area contributed by atoms with E-state index in [2.05, 4.69) is 16.8 Å². The van der Waals surface area contributed by atoms with Crippen molar-refractivity contribution >= 4 is 28.7 Å². The van der Waals surface area contributed by atoms with Crippen LogP contribution in [0.25, 0.3) is 22.2 Å². The van der Waals surface area contributed by atoms with Crippen molar-refractivity contribution in [2.75, 3.05) is 26.7 Å². The molecule has 10 nitrogen and oxygen atoms in total. The summed E-state index contributed by atoms with van der Waals surface area (Å²) in [5.41, 5.74) is 1.74. The molecule has 50 heavy (non-hydrogen) atoms. The Hall–Kier alpha value is -5.22. The first kappa shape index (κ1) is 33.3. The maximum absolute atomic E-state index is 14.8. The van der Waals surface area contributed by atoms with Crippen molar-refractivity contribution in [2.45, 2.75) is 55.8 Å². The molecule has 5 atom stereocenters. The predicted molar refractivity (Wildman–Crippen MR) is 190 cm³/mol. The number of carboxylic acid groups (broad SMARTS) is 1. The zero-order chi connectivity index (χ0) is 34.8. The molecule has 3 aromatic carbocycles. The van der Waals surface area contributed by atoms with Crippen molar-refractivity contribution in [2.24, 2.45) is 5.92 Å². The van der Waals surface area contributed by atoms with E-state index in [1.165, 1.54) is 0 Å². The highest BCUT2D eigenvalue weighted by Gasteiger charge is 2.61. The first-order chi connectivity index (χ1) is 24.3. The molecule has 0 bridgehead atoms. The number of piperidine rings is 1. The Morgan fingerprint density at radius 1 is 1.00 bits per heavy atom. The molecule has 2 saturated heterocycles. The lowest BCUT2D eigenvalue weighted by molar-refractivity contribution is -0.146. The molecule has 2 aliphatic heterocycles. The van der Waals surface area contributed by atoms with E-state index in [-0.39, 0.29) is 31.2 Å². The highest BCUT2D eigenvalue weighted by molar-refractivity contribution is 5.96. The Morgan fingerprint density at radius 3 is 2.38 bits per heavy atom. The van der Waals surface area contributed by atoms with E-state index >= 15 is 0 Å². The van der Waals surface area contributed by atoms with Gasteiger partial charge in [0.05, 0.1) is 24.9 Å². The second-order valence-electron chi connectivity index (χ2n) is 13.5. The number of methoxy groups -OCH3 is 1. The molecule has 4 aromatic rings. The molecule has 7 rings (SSSR count). The smallest absolute Gasteiger partial charge is 0.330 e. The molecule has 3 fully saturated rings. The number of carboxylic acids is 1. The Labute approximate surface area is 291 Å². The molecule has 1 aromatic heterocycles. The van der Waals surface area contributed by atoms with Crippen molar-refractivity contribution in [3.05, 3.63) is 103 Å². The van der Waals surface area contributed by atoms with E-state index in [9.17, 15) is 19.5 Å². The summed E-state index contributed by atoms with van der Waals surface area (Å²) in [7, 11) is 1.61. The largest absolute Gasteiger partial charge is 0.497 e. The first-order valence-corrected chi connectivity index (χ1v) is 17.3. The fourth-order valence-corrected chi connectivity index (χ4v) is 7.51. The lowest BCUT2D eigenvalue weighted by atomic mass is 10.00. The minimum atomic E-state index is -1.43. The number of rotatable bonds is 11. The molecule has 1 aliphatic carbocycles. The van der Waals surface area contributed by atoms with Crippen LogP contribution in [0.2, 0.25) is 0 Å². The molecular formula is C40H42N4O6. The normalized spacial score (nSPS) is 23.9. The monoisotopic (exact) mass is 674 g/mol. The maximum atomic E-state index is 14.8. The van der Waals surface area contributed by atoms with Crippen LogP contribution in [0.5, 0.6) is 11.5 Å². The van der Waals surface area contributed by atoms with Gasteiger partial charge in [0, 0.05) is 35.4 Å². The van der Waals surface area contributed by atoms with Gasteiger partial charge in [-0.15, -0.1) is 6.58 Å². The number of hydrogen-bond acceptors (Lipinski definition) is 7. The van der Waals surface area contributed by atoms with Gasteiger partial charge in [0.2, 0.25) is 11.8 Å². The molecule has 0 unspecified atom stereocenters. The Kier molecular flexibility index (Phi) is 9.29. The molecule has 258 valence electrons. The van der Waals surface area contributed by atoms with Gasteiger partial charge in [-0.05, 0) is 50.0 Å². The number of amides is 2. The topological polar surface area (TPSA) is 121 Å². The number of nitrogens with one attached hydrogen (secondary N) is 1. The molecular weight excluding hydrogens is 632 g/mol. The second-order valence-corrected chi connectivity index (χ2v) is 13.5. The number of aromatic nitrogens is 1. The number of benzene rings is 3. The van der Waals surface area contributed by atoms with Crippen LogP contribution >= 0.6 is 0 Å². The van der Waals surface area contributed by atoms with Crippen LogP contribution in [-0.2, 0) is 14.4 Å². The van der Waals surface area contributed by atoms with Gasteiger partial charge < -0.3 is 24.8 Å². The van der Waals surface area contributed by atoms with Gasteiger partial charge in [0.15, 0.2) is 0 Å². The maximum Gasteiger partial charge on any atom is 0.330 e. The van der Waals surface area contributed by atoms with Crippen molar-refractivity contribution < 1.29 is 29.0 Å². The SMILES string of the molecule is C=C[C@H]1C[C@]1(NC(=O)[C@@H]1C[C@@H](Oc2cc(-c3ccccc3)nc3cc(OC)ccc23)CN1C(=O)[C@H](c1ccccc1)N1CCCCC1)C(=O)O. The van der Waals surface area contributed by atoms with Crippen LogP contribution < -0.4 is 14.8 Å². The summed E-state index contributed by atoms with van der Waals surface area (Å²) in [6.45, 7) is 5.46. The molecule has 1 saturated carbocycles. The van der Waals surface area contributed by atoms with Crippen molar-refractivity contribution in [1.29, 1.82) is 0 Å². The van der Waals surface area contributed by atoms with Crippen LogP contribution in [0, 0.1) is 5.92 Å². The van der Waals surface area contributed by atoms with E-state index in [1.807, 2.05) is 84.9 Å². The molecule has 10 heteroatoms. The fraction of sp³-hybridized carbons (Fsp3) is 0.350. The van der Waals surface area contributed by atoms with Crippen LogP contribution in [0.3, 0.4) is 0 Å². The van der Waals surface area contributed by atoms with E-state index < -0.39 is 35.6 Å². The van der Waals surface area contributed by atoms with Gasteiger partial charge in [-0.2, -0.15) is 0 Å². The summed E-state index contributed by atoms with van der Waals surface area (Å²) in [6, 6.07) is 25.4. The number of nitrogens with zero attached hydrogens (tertiary/aromatic N) is 3. The molecule has 0 radical (unpaired) electrons. The molecule has 0 spiro atoms. The van der Waals surface area contributed by atoms with E-state index in [0.717, 1.165) is 48.9 Å². The zero-order valence-corrected chi connectivity index (χ0v) is 28.2. The number of likely N-dealkylation sites (tertiary alicyclic amines) is 2. The van der Waals surface area contributed by atoms with Crippen molar-refractivity contribution in [1.82, 2.24) is 20.1 Å². The van der Waals surface area contributed by atoms with Crippen LogP contribution in [0.1, 0.15) is 43.7 Å². The Bertz CT molecular complexity index is 1900. The third kappa shape index (κ3) is 6.43. The summed E-state index contributed by atoms with van der Waals surface area (Å²) >= 11 is 0. The minimum absolute atomic E-state index is 0.152. The summed E-state index contributed by atoms with van der Waals surface area (Å²) in [6.07, 6.45) is 4.53. The van der Waals surface area contributed by atoms with Gasteiger partial charge in [-0.3, -0.25) is 14.5 Å². The summed E-state index contributed by atoms with van der Waals surface area (Å²) in [5, 5.41) is 13.7. The number of fused-ring (bicyclic) bond motifs is 1. The Balaban J connectivity index is 1.25. The highest BCUT2D eigenvalue weighted by Crippen LogP contribution is 2.45. The highest BCUT2D eigenvalue weighted by atomic mass is 16.5.